The second-order valence-electron chi connectivity index (χ2n) is 5.34. The van der Waals surface area contributed by atoms with Gasteiger partial charge in [-0.15, -0.1) is 11.3 Å². The molecule has 1 aliphatic rings. The minimum absolute atomic E-state index is 0.0569. The predicted molar refractivity (Wildman–Crippen MR) is 83.5 cm³/mol. The van der Waals surface area contributed by atoms with Crippen LogP contribution in [-0.4, -0.2) is 56.4 Å². The number of rotatable bonds is 7. The predicted octanol–water partition coefficient (Wildman–Crippen LogP) is 1.66. The molecule has 0 spiro atoms. The molecule has 0 bridgehead atoms. The molecule has 1 amide bonds. The highest BCUT2D eigenvalue weighted by molar-refractivity contribution is 7.10. The maximum absolute atomic E-state index is 11.8. The Hall–Kier alpha value is -0.950. The summed E-state index contributed by atoms with van der Waals surface area (Å²) in [5.74, 6) is -0.0569. The molecule has 1 aliphatic heterocycles. The summed E-state index contributed by atoms with van der Waals surface area (Å²) in [4.78, 5) is 15.5. The lowest BCUT2D eigenvalue weighted by molar-refractivity contribution is -0.127. The smallest absolute Gasteiger partial charge is 0.246 e. The minimum Gasteiger partial charge on any atom is -0.379 e. The molecule has 0 aliphatic carbocycles. The first-order valence-electron chi connectivity index (χ1n) is 7.40. The molecule has 2 rings (SSSR count). The van der Waals surface area contributed by atoms with Gasteiger partial charge >= 0.3 is 0 Å². The van der Waals surface area contributed by atoms with E-state index in [-0.39, 0.29) is 24.7 Å². The average Bonchev–Trinajstić information content (AvgIpc) is 3.00. The molecule has 1 fully saturated rings. The molecule has 1 N–H and O–H groups in total. The van der Waals surface area contributed by atoms with Crippen LogP contribution in [0.15, 0.2) is 17.5 Å². The Bertz CT molecular complexity index is 417. The van der Waals surface area contributed by atoms with Gasteiger partial charge in [0.25, 0.3) is 0 Å². The summed E-state index contributed by atoms with van der Waals surface area (Å²) in [5, 5.41) is 5.06. The van der Waals surface area contributed by atoms with Crippen molar-refractivity contribution in [1.29, 1.82) is 0 Å². The summed E-state index contributed by atoms with van der Waals surface area (Å²) in [6.07, 6.45) is 0.0723. The SMILES string of the molecule is CC(C)OCC(=O)NCC(c1cccs1)N1CCOCC1. The standard InChI is InChI=1S/C15H24N2O3S/c1-12(2)20-11-15(18)16-10-13(14-4-3-9-21-14)17-5-7-19-8-6-17/h3-4,9,12-13H,5-8,10-11H2,1-2H3,(H,16,18). The molecular formula is C15H24N2O3S. The molecule has 21 heavy (non-hydrogen) atoms. The van der Waals surface area contributed by atoms with E-state index in [2.05, 4.69) is 27.7 Å². The fourth-order valence-electron chi connectivity index (χ4n) is 2.28. The number of ether oxygens (including phenoxy) is 2. The van der Waals surface area contributed by atoms with Crippen molar-refractivity contribution in [3.8, 4) is 0 Å². The van der Waals surface area contributed by atoms with E-state index in [1.54, 1.807) is 11.3 Å². The molecule has 0 aromatic carbocycles. The van der Waals surface area contributed by atoms with E-state index in [9.17, 15) is 4.79 Å². The van der Waals surface area contributed by atoms with Crippen molar-refractivity contribution < 1.29 is 14.3 Å². The van der Waals surface area contributed by atoms with E-state index < -0.39 is 0 Å². The number of nitrogens with one attached hydrogen (secondary N) is 1. The second-order valence-corrected chi connectivity index (χ2v) is 6.32. The van der Waals surface area contributed by atoms with E-state index >= 15 is 0 Å². The first kappa shape index (κ1) is 16.4. The zero-order valence-electron chi connectivity index (χ0n) is 12.7. The summed E-state index contributed by atoms with van der Waals surface area (Å²) in [6, 6.07) is 4.40. The van der Waals surface area contributed by atoms with Crippen LogP contribution >= 0.6 is 11.3 Å². The molecule has 118 valence electrons. The van der Waals surface area contributed by atoms with Crippen molar-refractivity contribution in [3.05, 3.63) is 22.4 Å². The lowest BCUT2D eigenvalue weighted by Crippen LogP contribution is -2.44. The van der Waals surface area contributed by atoms with Crippen molar-refractivity contribution in [3.63, 3.8) is 0 Å². The summed E-state index contributed by atoms with van der Waals surface area (Å²) in [5.41, 5.74) is 0. The van der Waals surface area contributed by atoms with E-state index in [0.717, 1.165) is 26.3 Å². The zero-order chi connectivity index (χ0) is 15.1. The fraction of sp³-hybridized carbons (Fsp3) is 0.667. The van der Waals surface area contributed by atoms with Crippen molar-refractivity contribution in [2.75, 3.05) is 39.5 Å². The van der Waals surface area contributed by atoms with Crippen molar-refractivity contribution in [2.45, 2.75) is 26.0 Å². The maximum atomic E-state index is 11.8. The highest BCUT2D eigenvalue weighted by Gasteiger charge is 2.23. The highest BCUT2D eigenvalue weighted by atomic mass is 32.1. The second kappa shape index (κ2) is 8.48. The van der Waals surface area contributed by atoms with Crippen molar-refractivity contribution in [1.82, 2.24) is 10.2 Å². The number of morpholine rings is 1. The molecule has 1 aromatic heterocycles. The van der Waals surface area contributed by atoms with Gasteiger partial charge in [-0.25, -0.2) is 0 Å². The lowest BCUT2D eigenvalue weighted by Gasteiger charge is -2.34. The Kier molecular flexibility index (Phi) is 6.63. The number of carbonyl (C=O) groups is 1. The fourth-order valence-corrected chi connectivity index (χ4v) is 3.14. The molecule has 5 nitrogen and oxygen atoms in total. The van der Waals surface area contributed by atoms with Crippen LogP contribution < -0.4 is 5.32 Å². The van der Waals surface area contributed by atoms with Gasteiger partial charge in [-0.2, -0.15) is 0 Å². The lowest BCUT2D eigenvalue weighted by atomic mass is 10.2. The number of hydrogen-bond donors (Lipinski definition) is 1. The Morgan fingerprint density at radius 2 is 2.24 bits per heavy atom. The number of carbonyl (C=O) groups excluding carboxylic acids is 1. The summed E-state index contributed by atoms with van der Waals surface area (Å²) in [7, 11) is 0. The largest absolute Gasteiger partial charge is 0.379 e. The molecule has 0 radical (unpaired) electrons. The highest BCUT2D eigenvalue weighted by Crippen LogP contribution is 2.25. The third-order valence-corrected chi connectivity index (χ3v) is 4.37. The van der Waals surface area contributed by atoms with Gasteiger partial charge < -0.3 is 14.8 Å². The van der Waals surface area contributed by atoms with Crippen LogP contribution in [0.3, 0.4) is 0 Å². The molecule has 6 heteroatoms. The van der Waals surface area contributed by atoms with E-state index in [1.807, 2.05) is 13.8 Å². The van der Waals surface area contributed by atoms with E-state index in [1.165, 1.54) is 4.88 Å². The van der Waals surface area contributed by atoms with Gasteiger partial charge in [-0.1, -0.05) is 6.07 Å². The molecule has 1 atom stereocenters. The molecule has 0 saturated carbocycles. The first-order valence-corrected chi connectivity index (χ1v) is 8.28. The first-order chi connectivity index (χ1) is 10.2. The minimum atomic E-state index is -0.0569. The molecule has 1 saturated heterocycles. The molecule has 2 heterocycles. The Morgan fingerprint density at radius 1 is 1.48 bits per heavy atom. The topological polar surface area (TPSA) is 50.8 Å². The van der Waals surface area contributed by atoms with Crippen LogP contribution in [0.25, 0.3) is 0 Å². The molecule has 1 unspecified atom stereocenters. The third kappa shape index (κ3) is 5.39. The van der Waals surface area contributed by atoms with Crippen LogP contribution in [0, 0.1) is 0 Å². The summed E-state index contributed by atoms with van der Waals surface area (Å²) in [6.45, 7) is 7.91. The number of amides is 1. The molecule has 1 aromatic rings. The van der Waals surface area contributed by atoms with Crippen LogP contribution in [0.5, 0.6) is 0 Å². The monoisotopic (exact) mass is 312 g/mol. The van der Waals surface area contributed by atoms with Gasteiger partial charge in [0.1, 0.15) is 6.61 Å². The van der Waals surface area contributed by atoms with Crippen LogP contribution in [0.2, 0.25) is 0 Å². The summed E-state index contributed by atoms with van der Waals surface area (Å²) < 4.78 is 10.7. The van der Waals surface area contributed by atoms with E-state index in [4.69, 9.17) is 9.47 Å². The Labute approximate surface area is 130 Å². The van der Waals surface area contributed by atoms with Crippen molar-refractivity contribution >= 4 is 17.2 Å². The van der Waals surface area contributed by atoms with Gasteiger partial charge in [0.05, 0.1) is 25.4 Å². The number of thiophene rings is 1. The van der Waals surface area contributed by atoms with Crippen LogP contribution in [0.4, 0.5) is 0 Å². The normalized spacial score (nSPS) is 17.9. The average molecular weight is 312 g/mol. The van der Waals surface area contributed by atoms with Gasteiger partial charge in [-0.05, 0) is 25.3 Å². The quantitative estimate of drug-likeness (QED) is 0.832. The number of hydrogen-bond acceptors (Lipinski definition) is 5. The Balaban J connectivity index is 1.88. The maximum Gasteiger partial charge on any atom is 0.246 e. The zero-order valence-corrected chi connectivity index (χ0v) is 13.5. The van der Waals surface area contributed by atoms with Gasteiger partial charge in [0.2, 0.25) is 5.91 Å². The van der Waals surface area contributed by atoms with Crippen LogP contribution in [0.1, 0.15) is 24.8 Å². The van der Waals surface area contributed by atoms with Gasteiger partial charge in [-0.3, -0.25) is 9.69 Å². The van der Waals surface area contributed by atoms with Gasteiger partial charge in [0.15, 0.2) is 0 Å². The molecular weight excluding hydrogens is 288 g/mol. The number of nitrogens with zero attached hydrogens (tertiary/aromatic N) is 1. The summed E-state index contributed by atoms with van der Waals surface area (Å²) >= 11 is 1.73. The van der Waals surface area contributed by atoms with Gasteiger partial charge in [0, 0.05) is 24.5 Å². The van der Waals surface area contributed by atoms with Crippen LogP contribution in [-0.2, 0) is 14.3 Å². The third-order valence-electron chi connectivity index (χ3n) is 3.40. The van der Waals surface area contributed by atoms with E-state index in [0.29, 0.717) is 6.54 Å². The van der Waals surface area contributed by atoms with Crippen molar-refractivity contribution in [2.24, 2.45) is 0 Å². The Morgan fingerprint density at radius 3 is 2.86 bits per heavy atom.